The van der Waals surface area contributed by atoms with Crippen molar-refractivity contribution in [2.24, 2.45) is 0 Å². The summed E-state index contributed by atoms with van der Waals surface area (Å²) in [6.07, 6.45) is 2.64. The number of imidazole rings is 1. The van der Waals surface area contributed by atoms with Gasteiger partial charge in [0.15, 0.2) is 0 Å². The van der Waals surface area contributed by atoms with Crippen LogP contribution in [0, 0.1) is 5.82 Å². The normalized spacial score (nSPS) is 12.6. The molecule has 0 unspecified atom stereocenters. The zero-order chi connectivity index (χ0) is 18.1. The van der Waals surface area contributed by atoms with Crippen molar-refractivity contribution in [3.8, 4) is 22.6 Å². The number of halogens is 1. The van der Waals surface area contributed by atoms with Gasteiger partial charge in [0.25, 0.3) is 0 Å². The Morgan fingerprint density at radius 1 is 1.12 bits per heavy atom. The molecule has 1 aromatic carbocycles. The topological polar surface area (TPSA) is 88.5 Å². The molecule has 0 aliphatic heterocycles. The molecule has 7 nitrogen and oxygen atoms in total. The molecule has 3 heterocycles. The van der Waals surface area contributed by atoms with Gasteiger partial charge < -0.3 is 10.2 Å². The second-order valence-electron chi connectivity index (χ2n) is 5.91. The number of rotatable bonds is 5. The standard InChI is InChI=1S/C18H16FN5O2/c19-13-6-4-12(5-7-13)17-18(24-8-2-1-3-16(24)20-17)15-10-23(22-21-15)9-14(26)11-25/h1-8,10,14,25-26H,9,11H2/t14-/m0/s1. The number of nitrogens with zero attached hydrogens (tertiary/aromatic N) is 5. The van der Waals surface area contributed by atoms with Crippen LogP contribution >= 0.6 is 0 Å². The molecule has 2 N–H and O–H groups in total. The van der Waals surface area contributed by atoms with E-state index in [0.717, 1.165) is 16.9 Å². The van der Waals surface area contributed by atoms with E-state index in [2.05, 4.69) is 15.3 Å². The first-order valence-corrected chi connectivity index (χ1v) is 8.08. The van der Waals surface area contributed by atoms with E-state index < -0.39 is 6.10 Å². The summed E-state index contributed by atoms with van der Waals surface area (Å²) in [6.45, 7) is -0.224. The molecule has 4 rings (SSSR count). The predicted octanol–water partition coefficient (Wildman–Crippen LogP) is 1.75. The molecule has 0 saturated heterocycles. The minimum absolute atomic E-state index is 0.131. The third-order valence-corrected chi connectivity index (χ3v) is 4.04. The Morgan fingerprint density at radius 2 is 1.92 bits per heavy atom. The fourth-order valence-electron chi connectivity index (χ4n) is 2.82. The van der Waals surface area contributed by atoms with E-state index in [-0.39, 0.29) is 19.0 Å². The van der Waals surface area contributed by atoms with E-state index in [9.17, 15) is 9.50 Å². The number of aliphatic hydroxyl groups is 2. The van der Waals surface area contributed by atoms with Crippen molar-refractivity contribution in [2.45, 2.75) is 12.6 Å². The number of pyridine rings is 1. The molecular weight excluding hydrogens is 337 g/mol. The third-order valence-electron chi connectivity index (χ3n) is 4.04. The Bertz CT molecular complexity index is 1040. The van der Waals surface area contributed by atoms with Gasteiger partial charge in [0.05, 0.1) is 31.1 Å². The van der Waals surface area contributed by atoms with Crippen molar-refractivity contribution in [2.75, 3.05) is 6.61 Å². The van der Waals surface area contributed by atoms with Gasteiger partial charge in [0.1, 0.15) is 22.9 Å². The highest BCUT2D eigenvalue weighted by atomic mass is 19.1. The lowest BCUT2D eigenvalue weighted by Gasteiger charge is -2.05. The van der Waals surface area contributed by atoms with Crippen molar-refractivity contribution < 1.29 is 14.6 Å². The van der Waals surface area contributed by atoms with Crippen molar-refractivity contribution in [1.82, 2.24) is 24.4 Å². The first kappa shape index (κ1) is 16.4. The Balaban J connectivity index is 1.85. The van der Waals surface area contributed by atoms with Crippen LogP contribution in [0.3, 0.4) is 0 Å². The van der Waals surface area contributed by atoms with E-state index in [0.29, 0.717) is 11.4 Å². The van der Waals surface area contributed by atoms with E-state index in [1.54, 1.807) is 18.3 Å². The monoisotopic (exact) mass is 353 g/mol. The lowest BCUT2D eigenvalue weighted by atomic mass is 10.1. The van der Waals surface area contributed by atoms with Crippen LogP contribution in [0.2, 0.25) is 0 Å². The first-order valence-electron chi connectivity index (χ1n) is 8.08. The van der Waals surface area contributed by atoms with Crippen molar-refractivity contribution >= 4 is 5.65 Å². The lowest BCUT2D eigenvalue weighted by molar-refractivity contribution is 0.0778. The summed E-state index contributed by atoms with van der Waals surface area (Å²) < 4.78 is 16.6. The Hall–Kier alpha value is -3.10. The molecule has 1 atom stereocenters. The van der Waals surface area contributed by atoms with Gasteiger partial charge in [-0.15, -0.1) is 5.10 Å². The smallest absolute Gasteiger partial charge is 0.137 e. The second-order valence-corrected chi connectivity index (χ2v) is 5.91. The molecule has 0 saturated carbocycles. The van der Waals surface area contributed by atoms with Crippen molar-refractivity contribution in [1.29, 1.82) is 0 Å². The van der Waals surface area contributed by atoms with E-state index in [1.165, 1.54) is 16.8 Å². The van der Waals surface area contributed by atoms with Crippen LogP contribution in [0.15, 0.2) is 54.9 Å². The number of fused-ring (bicyclic) bond motifs is 1. The van der Waals surface area contributed by atoms with Crippen LogP contribution in [-0.4, -0.2) is 47.3 Å². The minimum atomic E-state index is -0.914. The summed E-state index contributed by atoms with van der Waals surface area (Å²) in [6, 6.07) is 11.7. The Morgan fingerprint density at radius 3 is 2.69 bits per heavy atom. The van der Waals surface area contributed by atoms with Crippen LogP contribution in [0.1, 0.15) is 0 Å². The second kappa shape index (κ2) is 6.66. The molecule has 0 fully saturated rings. The molecule has 3 aromatic heterocycles. The summed E-state index contributed by atoms with van der Waals surface area (Å²) in [5, 5.41) is 26.8. The molecule has 0 bridgehead atoms. The summed E-state index contributed by atoms with van der Waals surface area (Å²) in [4.78, 5) is 4.65. The predicted molar refractivity (Wildman–Crippen MR) is 92.7 cm³/mol. The third kappa shape index (κ3) is 2.96. The zero-order valence-electron chi connectivity index (χ0n) is 13.7. The number of aliphatic hydroxyl groups excluding tert-OH is 2. The van der Waals surface area contributed by atoms with Crippen LogP contribution in [0.4, 0.5) is 4.39 Å². The largest absolute Gasteiger partial charge is 0.394 e. The van der Waals surface area contributed by atoms with Gasteiger partial charge in [0, 0.05) is 11.8 Å². The van der Waals surface area contributed by atoms with Gasteiger partial charge in [-0.05, 0) is 36.4 Å². The quantitative estimate of drug-likeness (QED) is 0.571. The average molecular weight is 353 g/mol. The summed E-state index contributed by atoms with van der Waals surface area (Å²) in [5.41, 5.74) is 3.43. The van der Waals surface area contributed by atoms with E-state index in [1.807, 2.05) is 28.8 Å². The number of hydrogen-bond acceptors (Lipinski definition) is 5. The lowest BCUT2D eigenvalue weighted by Crippen LogP contribution is -2.20. The van der Waals surface area contributed by atoms with Gasteiger partial charge in [0.2, 0.25) is 0 Å². The van der Waals surface area contributed by atoms with E-state index in [4.69, 9.17) is 5.11 Å². The molecule has 8 heteroatoms. The molecule has 26 heavy (non-hydrogen) atoms. The summed E-state index contributed by atoms with van der Waals surface area (Å²) in [7, 11) is 0. The van der Waals surface area contributed by atoms with Gasteiger partial charge in [-0.25, -0.2) is 14.1 Å². The van der Waals surface area contributed by atoms with Crippen LogP contribution < -0.4 is 0 Å². The number of hydrogen-bond donors (Lipinski definition) is 2. The van der Waals surface area contributed by atoms with E-state index >= 15 is 0 Å². The van der Waals surface area contributed by atoms with Crippen molar-refractivity contribution in [3.63, 3.8) is 0 Å². The SMILES string of the molecule is OC[C@@H](O)Cn1cc(-c2c(-c3ccc(F)cc3)nc3ccccn23)nn1. The van der Waals surface area contributed by atoms with Crippen LogP contribution in [0.5, 0.6) is 0 Å². The molecule has 132 valence electrons. The molecule has 0 aliphatic carbocycles. The molecule has 0 amide bonds. The van der Waals surface area contributed by atoms with Crippen molar-refractivity contribution in [3.05, 3.63) is 60.7 Å². The van der Waals surface area contributed by atoms with Gasteiger partial charge in [-0.2, -0.15) is 0 Å². The summed E-state index contributed by atoms with van der Waals surface area (Å²) in [5.74, 6) is -0.317. The fourth-order valence-corrected chi connectivity index (χ4v) is 2.82. The molecular formula is C18H16FN5O2. The number of benzene rings is 1. The maximum atomic E-state index is 13.3. The van der Waals surface area contributed by atoms with Gasteiger partial charge in [-0.1, -0.05) is 11.3 Å². The fraction of sp³-hybridized carbons (Fsp3) is 0.167. The minimum Gasteiger partial charge on any atom is -0.394 e. The number of aromatic nitrogens is 5. The molecule has 0 aliphatic rings. The van der Waals surface area contributed by atoms with Gasteiger partial charge in [-0.3, -0.25) is 4.40 Å². The first-order chi connectivity index (χ1) is 12.7. The highest BCUT2D eigenvalue weighted by molar-refractivity contribution is 5.80. The molecule has 4 aromatic rings. The van der Waals surface area contributed by atoms with Gasteiger partial charge >= 0.3 is 0 Å². The van der Waals surface area contributed by atoms with Crippen LogP contribution in [0.25, 0.3) is 28.3 Å². The Labute approximate surface area is 148 Å². The molecule has 0 radical (unpaired) electrons. The maximum Gasteiger partial charge on any atom is 0.137 e. The zero-order valence-corrected chi connectivity index (χ0v) is 13.7. The Kier molecular flexibility index (Phi) is 4.19. The molecule has 0 spiro atoms. The maximum absolute atomic E-state index is 13.3. The summed E-state index contributed by atoms with van der Waals surface area (Å²) >= 11 is 0. The average Bonchev–Trinajstić information content (AvgIpc) is 3.26. The highest BCUT2D eigenvalue weighted by Crippen LogP contribution is 2.31. The van der Waals surface area contributed by atoms with Crippen LogP contribution in [-0.2, 0) is 6.54 Å². The highest BCUT2D eigenvalue weighted by Gasteiger charge is 2.19.